The van der Waals surface area contributed by atoms with E-state index in [4.69, 9.17) is 10.5 Å². The first-order valence-electron chi connectivity index (χ1n) is 6.13. The number of hydrogen-bond acceptors (Lipinski definition) is 5. The molecule has 0 aliphatic carbocycles. The van der Waals surface area contributed by atoms with E-state index in [9.17, 15) is 8.42 Å². The summed E-state index contributed by atoms with van der Waals surface area (Å²) in [4.78, 5) is 2.21. The summed E-state index contributed by atoms with van der Waals surface area (Å²) in [6, 6.07) is 6.89. The number of amidine groups is 1. The molecule has 6 nitrogen and oxygen atoms in total. The number of sulfonamides is 1. The normalized spacial score (nSPS) is 25.0. The number of ether oxygens (including phenoxy) is 1. The Morgan fingerprint density at radius 1 is 1.42 bits per heavy atom. The average molecular weight is 281 g/mol. The first-order chi connectivity index (χ1) is 9.12. The number of benzene rings is 1. The van der Waals surface area contributed by atoms with Gasteiger partial charge in [0.15, 0.2) is 5.84 Å². The molecule has 0 aromatic heterocycles. The van der Waals surface area contributed by atoms with E-state index in [0.717, 1.165) is 0 Å². The highest BCUT2D eigenvalue weighted by Gasteiger charge is 2.33. The number of nitrogens with zero attached hydrogens (tertiary/aromatic N) is 2. The lowest BCUT2D eigenvalue weighted by Crippen LogP contribution is -2.48. The van der Waals surface area contributed by atoms with Crippen molar-refractivity contribution in [2.75, 3.05) is 26.2 Å². The van der Waals surface area contributed by atoms with Gasteiger partial charge in [0.25, 0.3) is 10.0 Å². The van der Waals surface area contributed by atoms with Gasteiger partial charge in [-0.3, -0.25) is 0 Å². The third-order valence-corrected chi connectivity index (χ3v) is 4.64. The molecule has 1 aromatic carbocycles. The SMILES string of the molecule is NCC1CN(C2=NS(=O)(=O)c3ccccc32)CCO1. The molecule has 3 rings (SSSR count). The summed E-state index contributed by atoms with van der Waals surface area (Å²) in [5.41, 5.74) is 6.27. The van der Waals surface area contributed by atoms with E-state index < -0.39 is 10.0 Å². The van der Waals surface area contributed by atoms with Crippen molar-refractivity contribution in [1.29, 1.82) is 0 Å². The molecule has 0 radical (unpaired) electrons. The van der Waals surface area contributed by atoms with Crippen LogP contribution in [0.5, 0.6) is 0 Å². The zero-order chi connectivity index (χ0) is 13.5. The molecule has 2 aliphatic heterocycles. The van der Waals surface area contributed by atoms with Gasteiger partial charge < -0.3 is 15.4 Å². The maximum atomic E-state index is 12.0. The molecule has 1 aromatic rings. The monoisotopic (exact) mass is 281 g/mol. The van der Waals surface area contributed by atoms with Gasteiger partial charge in [-0.05, 0) is 12.1 Å². The molecule has 0 spiro atoms. The third kappa shape index (κ3) is 2.13. The van der Waals surface area contributed by atoms with Crippen molar-refractivity contribution in [1.82, 2.24) is 4.90 Å². The minimum Gasteiger partial charge on any atom is -0.373 e. The van der Waals surface area contributed by atoms with E-state index in [1.54, 1.807) is 18.2 Å². The van der Waals surface area contributed by atoms with Crippen LogP contribution in [-0.4, -0.2) is 51.5 Å². The molecule has 7 heteroatoms. The Labute approximate surface area is 111 Å². The van der Waals surface area contributed by atoms with Gasteiger partial charge in [-0.1, -0.05) is 12.1 Å². The van der Waals surface area contributed by atoms with Gasteiger partial charge in [-0.2, -0.15) is 8.42 Å². The van der Waals surface area contributed by atoms with Crippen LogP contribution >= 0.6 is 0 Å². The van der Waals surface area contributed by atoms with Crippen LogP contribution in [0.3, 0.4) is 0 Å². The summed E-state index contributed by atoms with van der Waals surface area (Å²) in [5.74, 6) is 0.511. The molecular weight excluding hydrogens is 266 g/mol. The predicted octanol–water partition coefficient (Wildman–Crippen LogP) is -0.205. The van der Waals surface area contributed by atoms with Gasteiger partial charge in [0, 0.05) is 25.2 Å². The molecule has 1 atom stereocenters. The Morgan fingerprint density at radius 3 is 3.00 bits per heavy atom. The first kappa shape index (κ1) is 12.6. The van der Waals surface area contributed by atoms with Crippen molar-refractivity contribution >= 4 is 15.9 Å². The largest absolute Gasteiger partial charge is 0.373 e. The van der Waals surface area contributed by atoms with Gasteiger partial charge in [-0.15, -0.1) is 4.40 Å². The first-order valence-corrected chi connectivity index (χ1v) is 7.57. The van der Waals surface area contributed by atoms with E-state index in [2.05, 4.69) is 4.40 Å². The van der Waals surface area contributed by atoms with Crippen LogP contribution in [0.15, 0.2) is 33.6 Å². The van der Waals surface area contributed by atoms with Crippen LogP contribution < -0.4 is 5.73 Å². The highest BCUT2D eigenvalue weighted by molar-refractivity contribution is 7.90. The number of morpholine rings is 1. The average Bonchev–Trinajstić information content (AvgIpc) is 2.72. The van der Waals surface area contributed by atoms with Crippen molar-refractivity contribution in [2.24, 2.45) is 10.1 Å². The van der Waals surface area contributed by atoms with Crippen LogP contribution in [0.25, 0.3) is 0 Å². The fraction of sp³-hybridized carbons (Fsp3) is 0.417. The number of fused-ring (bicyclic) bond motifs is 1. The fourth-order valence-electron chi connectivity index (χ4n) is 2.37. The fourth-order valence-corrected chi connectivity index (χ4v) is 3.60. The van der Waals surface area contributed by atoms with Crippen molar-refractivity contribution in [3.05, 3.63) is 29.8 Å². The maximum Gasteiger partial charge on any atom is 0.285 e. The maximum absolute atomic E-state index is 12.0. The van der Waals surface area contributed by atoms with Crippen molar-refractivity contribution in [3.63, 3.8) is 0 Å². The summed E-state index contributed by atoms with van der Waals surface area (Å²) in [6.45, 7) is 2.14. The van der Waals surface area contributed by atoms with Crippen LogP contribution in [-0.2, 0) is 14.8 Å². The lowest BCUT2D eigenvalue weighted by molar-refractivity contribution is 0.000460. The van der Waals surface area contributed by atoms with Crippen LogP contribution in [0, 0.1) is 0 Å². The Kier molecular flexibility index (Phi) is 3.04. The zero-order valence-corrected chi connectivity index (χ0v) is 11.1. The zero-order valence-electron chi connectivity index (χ0n) is 10.3. The molecule has 0 amide bonds. The van der Waals surface area contributed by atoms with Crippen LogP contribution in [0.1, 0.15) is 5.56 Å². The molecule has 2 N–H and O–H groups in total. The quantitative estimate of drug-likeness (QED) is 0.770. The summed E-state index contributed by atoms with van der Waals surface area (Å²) in [7, 11) is -3.55. The van der Waals surface area contributed by atoms with E-state index >= 15 is 0 Å². The highest BCUT2D eigenvalue weighted by Crippen LogP contribution is 2.28. The summed E-state index contributed by atoms with van der Waals surface area (Å²) < 4.78 is 33.4. The number of rotatable bonds is 1. The molecule has 1 saturated heterocycles. The van der Waals surface area contributed by atoms with Crippen molar-refractivity contribution in [2.45, 2.75) is 11.0 Å². The van der Waals surface area contributed by atoms with Gasteiger partial charge in [0.1, 0.15) is 4.90 Å². The molecule has 102 valence electrons. The molecule has 1 unspecified atom stereocenters. The number of nitrogens with two attached hydrogens (primary N) is 1. The molecule has 1 fully saturated rings. The topological polar surface area (TPSA) is 85.0 Å². The van der Waals surface area contributed by atoms with E-state index in [1.165, 1.54) is 0 Å². The van der Waals surface area contributed by atoms with Crippen molar-refractivity contribution in [3.8, 4) is 0 Å². The summed E-state index contributed by atoms with van der Waals surface area (Å²) in [6.07, 6.45) is -0.0769. The Bertz CT molecular complexity index is 627. The van der Waals surface area contributed by atoms with Gasteiger partial charge in [0.05, 0.1) is 12.7 Å². The lowest BCUT2D eigenvalue weighted by atomic mass is 10.1. The second kappa shape index (κ2) is 4.59. The molecule has 2 heterocycles. The minimum absolute atomic E-state index is 0.0769. The third-order valence-electron chi connectivity index (χ3n) is 3.31. The van der Waals surface area contributed by atoms with Crippen LogP contribution in [0.2, 0.25) is 0 Å². The van der Waals surface area contributed by atoms with Gasteiger partial charge in [0.2, 0.25) is 0 Å². The molecule has 0 saturated carbocycles. The molecular formula is C12H15N3O3S. The Balaban J connectivity index is 1.98. The van der Waals surface area contributed by atoms with E-state index in [-0.39, 0.29) is 11.0 Å². The van der Waals surface area contributed by atoms with E-state index in [1.807, 2.05) is 11.0 Å². The molecule has 2 aliphatic rings. The van der Waals surface area contributed by atoms with Gasteiger partial charge >= 0.3 is 0 Å². The van der Waals surface area contributed by atoms with Crippen molar-refractivity contribution < 1.29 is 13.2 Å². The minimum atomic E-state index is -3.55. The standard InChI is InChI=1S/C12H15N3O3S/c13-7-9-8-15(5-6-18-9)12-10-3-1-2-4-11(10)19(16,17)14-12/h1-4,9H,5-8,13H2. The summed E-state index contributed by atoms with van der Waals surface area (Å²) >= 11 is 0. The second-order valence-corrected chi connectivity index (χ2v) is 6.13. The highest BCUT2D eigenvalue weighted by atomic mass is 32.2. The number of hydrogen-bond donors (Lipinski definition) is 1. The second-order valence-electron chi connectivity index (χ2n) is 4.56. The molecule has 19 heavy (non-hydrogen) atoms. The van der Waals surface area contributed by atoms with E-state index in [0.29, 0.717) is 37.6 Å². The Hall–Kier alpha value is -1.44. The Morgan fingerprint density at radius 2 is 2.21 bits per heavy atom. The van der Waals surface area contributed by atoms with Gasteiger partial charge in [-0.25, -0.2) is 0 Å². The smallest absolute Gasteiger partial charge is 0.285 e. The molecule has 0 bridgehead atoms. The van der Waals surface area contributed by atoms with Crippen LogP contribution in [0.4, 0.5) is 0 Å². The lowest BCUT2D eigenvalue weighted by Gasteiger charge is -2.33. The predicted molar refractivity (Wildman–Crippen MR) is 70.5 cm³/mol. The summed E-state index contributed by atoms with van der Waals surface area (Å²) in [5, 5.41) is 0.